The average Bonchev–Trinajstić information content (AvgIpc) is 3.00. The predicted octanol–water partition coefficient (Wildman–Crippen LogP) is 3.26. The van der Waals surface area contributed by atoms with Crippen LogP contribution in [0.25, 0.3) is 0 Å². The molecule has 0 aromatic heterocycles. The van der Waals surface area contributed by atoms with Crippen LogP contribution in [0.5, 0.6) is 0 Å². The molecule has 0 aliphatic carbocycles. The first kappa shape index (κ1) is 19.3. The zero-order chi connectivity index (χ0) is 21.1. The largest absolute Gasteiger partial charge is 0.326 e. The van der Waals surface area contributed by atoms with Crippen LogP contribution in [0.2, 0.25) is 0 Å². The number of amides is 4. The topological polar surface area (TPSA) is 78.5 Å². The van der Waals surface area contributed by atoms with Crippen molar-refractivity contribution in [3.05, 3.63) is 102 Å². The molecule has 1 aliphatic heterocycles. The minimum atomic E-state index is -1.43. The molecule has 0 unspecified atom stereocenters. The van der Waals surface area contributed by atoms with Gasteiger partial charge in [-0.2, -0.15) is 0 Å². The fraction of sp³-hybridized carbons (Fsp3) is 0.0870. The van der Waals surface area contributed by atoms with E-state index in [0.717, 1.165) is 11.0 Å². The normalized spacial score (nSPS) is 15.0. The van der Waals surface area contributed by atoms with Crippen molar-refractivity contribution in [1.82, 2.24) is 10.2 Å². The van der Waals surface area contributed by atoms with Gasteiger partial charge in [0.25, 0.3) is 5.91 Å². The number of nitrogens with one attached hydrogen (secondary N) is 2. The van der Waals surface area contributed by atoms with Gasteiger partial charge in [0.2, 0.25) is 5.91 Å². The van der Waals surface area contributed by atoms with E-state index in [1.807, 2.05) is 12.1 Å². The zero-order valence-corrected chi connectivity index (χ0v) is 15.8. The molecular formula is C23H18FN3O3. The van der Waals surface area contributed by atoms with Gasteiger partial charge in [0.1, 0.15) is 12.4 Å². The van der Waals surface area contributed by atoms with Crippen molar-refractivity contribution >= 4 is 23.5 Å². The van der Waals surface area contributed by atoms with Crippen molar-refractivity contribution in [2.75, 3.05) is 11.9 Å². The summed E-state index contributed by atoms with van der Waals surface area (Å²) in [5, 5.41) is 5.28. The number of benzene rings is 3. The molecule has 4 rings (SSSR count). The minimum Gasteiger partial charge on any atom is -0.324 e. The Balaban J connectivity index is 1.65. The first-order valence-corrected chi connectivity index (χ1v) is 9.31. The van der Waals surface area contributed by atoms with Crippen LogP contribution < -0.4 is 10.6 Å². The predicted molar refractivity (Wildman–Crippen MR) is 109 cm³/mol. The first-order valence-electron chi connectivity index (χ1n) is 9.31. The van der Waals surface area contributed by atoms with E-state index in [1.165, 1.54) is 18.2 Å². The van der Waals surface area contributed by atoms with Crippen molar-refractivity contribution in [2.24, 2.45) is 0 Å². The fourth-order valence-electron chi connectivity index (χ4n) is 3.56. The van der Waals surface area contributed by atoms with Crippen LogP contribution in [0.3, 0.4) is 0 Å². The van der Waals surface area contributed by atoms with Gasteiger partial charge in [-0.05, 0) is 29.3 Å². The van der Waals surface area contributed by atoms with Crippen LogP contribution in [0.15, 0.2) is 84.9 Å². The van der Waals surface area contributed by atoms with Gasteiger partial charge in [0.15, 0.2) is 5.54 Å². The van der Waals surface area contributed by atoms with Crippen molar-refractivity contribution < 1.29 is 18.8 Å². The molecule has 4 amide bonds. The van der Waals surface area contributed by atoms with E-state index in [4.69, 9.17) is 0 Å². The number of carbonyl (C=O) groups is 3. The maximum Gasteiger partial charge on any atom is 0.326 e. The van der Waals surface area contributed by atoms with E-state index in [2.05, 4.69) is 10.6 Å². The molecule has 0 saturated carbocycles. The van der Waals surface area contributed by atoms with Gasteiger partial charge in [0.05, 0.1) is 0 Å². The summed E-state index contributed by atoms with van der Waals surface area (Å²) in [6.45, 7) is -0.497. The van der Waals surface area contributed by atoms with Gasteiger partial charge in [-0.1, -0.05) is 66.7 Å². The molecular weight excluding hydrogens is 385 g/mol. The van der Waals surface area contributed by atoms with E-state index < -0.39 is 35.7 Å². The second kappa shape index (κ2) is 7.79. The summed E-state index contributed by atoms with van der Waals surface area (Å²) < 4.78 is 13.3. The number of nitrogens with zero attached hydrogens (tertiary/aromatic N) is 1. The Morgan fingerprint density at radius 2 is 1.50 bits per heavy atom. The number of carbonyl (C=O) groups excluding carboxylic acids is 3. The summed E-state index contributed by atoms with van der Waals surface area (Å²) in [5.41, 5.74) is -0.0201. The number of hydrogen-bond donors (Lipinski definition) is 2. The van der Waals surface area contributed by atoms with Crippen LogP contribution in [0.1, 0.15) is 11.1 Å². The number of hydrogen-bond acceptors (Lipinski definition) is 3. The molecule has 150 valence electrons. The maximum atomic E-state index is 13.5. The molecule has 30 heavy (non-hydrogen) atoms. The van der Waals surface area contributed by atoms with Crippen molar-refractivity contribution in [3.8, 4) is 0 Å². The molecule has 0 spiro atoms. The summed E-state index contributed by atoms with van der Waals surface area (Å²) in [4.78, 5) is 39.5. The SMILES string of the molecule is O=C(CN1C(=O)NC(c2ccccc2)(c2ccccc2)C1=O)Nc1cccc(F)c1. The molecule has 3 aromatic carbocycles. The molecule has 6 nitrogen and oxygen atoms in total. The molecule has 1 heterocycles. The number of halogens is 1. The molecule has 1 saturated heterocycles. The summed E-state index contributed by atoms with van der Waals surface area (Å²) in [6, 6.07) is 22.4. The molecule has 3 aromatic rings. The smallest absolute Gasteiger partial charge is 0.324 e. The number of anilines is 1. The Hall–Kier alpha value is -4.00. The number of urea groups is 1. The van der Waals surface area contributed by atoms with E-state index >= 15 is 0 Å². The quantitative estimate of drug-likeness (QED) is 0.642. The second-order valence-corrected chi connectivity index (χ2v) is 6.86. The molecule has 0 radical (unpaired) electrons. The highest BCUT2D eigenvalue weighted by Crippen LogP contribution is 2.35. The second-order valence-electron chi connectivity index (χ2n) is 6.86. The Morgan fingerprint density at radius 3 is 2.07 bits per heavy atom. The van der Waals surface area contributed by atoms with Crippen molar-refractivity contribution in [3.63, 3.8) is 0 Å². The van der Waals surface area contributed by atoms with Gasteiger partial charge < -0.3 is 10.6 Å². The van der Waals surface area contributed by atoms with Gasteiger partial charge in [0, 0.05) is 5.69 Å². The Morgan fingerprint density at radius 1 is 0.900 bits per heavy atom. The summed E-state index contributed by atoms with van der Waals surface area (Å²) >= 11 is 0. The molecule has 0 atom stereocenters. The molecule has 1 aliphatic rings. The number of imide groups is 1. The van der Waals surface area contributed by atoms with Crippen LogP contribution in [-0.2, 0) is 15.1 Å². The van der Waals surface area contributed by atoms with Crippen molar-refractivity contribution in [2.45, 2.75) is 5.54 Å². The minimum absolute atomic E-state index is 0.240. The van der Waals surface area contributed by atoms with E-state index in [0.29, 0.717) is 11.1 Å². The lowest BCUT2D eigenvalue weighted by molar-refractivity contribution is -0.133. The van der Waals surface area contributed by atoms with E-state index in [9.17, 15) is 18.8 Å². The summed E-state index contributed by atoms with van der Waals surface area (Å²) in [6.07, 6.45) is 0. The summed E-state index contributed by atoms with van der Waals surface area (Å²) in [5.74, 6) is -1.67. The molecule has 7 heteroatoms. The van der Waals surface area contributed by atoms with E-state index in [1.54, 1.807) is 48.5 Å². The number of rotatable bonds is 5. The monoisotopic (exact) mass is 403 g/mol. The third-order valence-electron chi connectivity index (χ3n) is 4.93. The van der Waals surface area contributed by atoms with Gasteiger partial charge >= 0.3 is 6.03 Å². The lowest BCUT2D eigenvalue weighted by Gasteiger charge is -2.28. The lowest BCUT2D eigenvalue weighted by atomic mass is 9.82. The van der Waals surface area contributed by atoms with Crippen LogP contribution in [0, 0.1) is 5.82 Å². The maximum absolute atomic E-state index is 13.5. The van der Waals surface area contributed by atoms with Crippen LogP contribution in [-0.4, -0.2) is 29.3 Å². The molecule has 2 N–H and O–H groups in total. The van der Waals surface area contributed by atoms with Gasteiger partial charge in [-0.15, -0.1) is 0 Å². The highest BCUT2D eigenvalue weighted by atomic mass is 19.1. The van der Waals surface area contributed by atoms with Crippen molar-refractivity contribution in [1.29, 1.82) is 0 Å². The van der Waals surface area contributed by atoms with Gasteiger partial charge in [-0.3, -0.25) is 14.5 Å². The lowest BCUT2D eigenvalue weighted by Crippen LogP contribution is -2.45. The average molecular weight is 403 g/mol. The summed E-state index contributed by atoms with van der Waals surface area (Å²) in [7, 11) is 0. The van der Waals surface area contributed by atoms with Gasteiger partial charge in [-0.25, -0.2) is 9.18 Å². The highest BCUT2D eigenvalue weighted by molar-refractivity contribution is 6.12. The Kier molecular flexibility index (Phi) is 5.02. The Bertz CT molecular complexity index is 1060. The molecule has 0 bridgehead atoms. The van der Waals surface area contributed by atoms with Crippen LogP contribution >= 0.6 is 0 Å². The van der Waals surface area contributed by atoms with Crippen LogP contribution in [0.4, 0.5) is 14.9 Å². The highest BCUT2D eigenvalue weighted by Gasteiger charge is 2.54. The fourth-order valence-corrected chi connectivity index (χ4v) is 3.56. The zero-order valence-electron chi connectivity index (χ0n) is 15.8. The molecule has 1 fully saturated rings. The standard InChI is InChI=1S/C23H18FN3O3/c24-18-12-7-13-19(14-18)25-20(28)15-27-21(29)23(26-22(27)30,16-8-3-1-4-9-16)17-10-5-2-6-11-17/h1-14H,15H2,(H,25,28)(H,26,30). The Labute approximate surface area is 172 Å². The first-order chi connectivity index (χ1) is 14.5. The third kappa shape index (κ3) is 3.41. The van der Waals surface area contributed by atoms with E-state index in [-0.39, 0.29) is 5.69 Å². The third-order valence-corrected chi connectivity index (χ3v) is 4.93.